The first-order chi connectivity index (χ1) is 13.2. The van der Waals surface area contributed by atoms with Gasteiger partial charge in [0, 0.05) is 17.3 Å². The number of nitrogens with zero attached hydrogens (tertiary/aromatic N) is 1. The molecular weight excluding hydrogens is 336 g/mol. The lowest BCUT2D eigenvalue weighted by Crippen LogP contribution is -2.07. The summed E-state index contributed by atoms with van der Waals surface area (Å²) in [5.41, 5.74) is 5.11. The van der Waals surface area contributed by atoms with Crippen LogP contribution >= 0.6 is 0 Å². The number of hydrogen-bond acceptors (Lipinski definition) is 3. The maximum Gasteiger partial charge on any atom is 0.248 e. The smallest absolute Gasteiger partial charge is 0.248 e. The molecule has 27 heavy (non-hydrogen) atoms. The normalized spacial score (nSPS) is 11.1. The largest absolute Gasteiger partial charge is 0.436 e. The van der Waals surface area contributed by atoms with Gasteiger partial charge in [-0.15, -0.1) is 0 Å². The van der Waals surface area contributed by atoms with Crippen molar-refractivity contribution in [2.45, 2.75) is 6.92 Å². The highest BCUT2D eigenvalue weighted by molar-refractivity contribution is 6.02. The molecule has 0 aliphatic carbocycles. The lowest BCUT2D eigenvalue weighted by molar-refractivity contribution is -0.111. The van der Waals surface area contributed by atoms with Crippen LogP contribution < -0.4 is 5.32 Å². The van der Waals surface area contributed by atoms with Crippen LogP contribution in [0.5, 0.6) is 0 Å². The Morgan fingerprint density at radius 2 is 1.78 bits per heavy atom. The van der Waals surface area contributed by atoms with Crippen molar-refractivity contribution in [2.24, 2.45) is 0 Å². The van der Waals surface area contributed by atoms with Crippen LogP contribution in [-0.4, -0.2) is 10.9 Å². The van der Waals surface area contributed by atoms with Gasteiger partial charge in [0.25, 0.3) is 0 Å². The lowest BCUT2D eigenvalue weighted by Gasteiger charge is -2.01. The maximum absolute atomic E-state index is 12.2. The zero-order valence-electron chi connectivity index (χ0n) is 14.8. The van der Waals surface area contributed by atoms with Gasteiger partial charge >= 0.3 is 0 Å². The van der Waals surface area contributed by atoms with E-state index in [1.54, 1.807) is 6.08 Å². The Bertz CT molecular complexity index is 1130. The second-order valence-corrected chi connectivity index (χ2v) is 6.25. The van der Waals surface area contributed by atoms with Gasteiger partial charge in [0.05, 0.1) is 0 Å². The number of oxazole rings is 1. The number of aromatic nitrogens is 1. The molecule has 0 atom stereocenters. The van der Waals surface area contributed by atoms with Crippen LogP contribution in [0.25, 0.3) is 28.6 Å². The average Bonchev–Trinajstić information content (AvgIpc) is 3.10. The Morgan fingerprint density at radius 1 is 1.00 bits per heavy atom. The molecule has 0 radical (unpaired) electrons. The quantitative estimate of drug-likeness (QED) is 0.495. The zero-order valence-corrected chi connectivity index (χ0v) is 14.8. The standard InChI is InChI=1S/C23H18N2O2/c1-16-7-5-6-10-19(16)23-25-20-15-18(12-13-21(20)27-23)24-22(26)14-11-17-8-3-2-4-9-17/h2-15H,1H3,(H,24,26)/b14-11-. The summed E-state index contributed by atoms with van der Waals surface area (Å²) in [5, 5.41) is 2.86. The van der Waals surface area contributed by atoms with Gasteiger partial charge in [0.1, 0.15) is 5.52 Å². The highest BCUT2D eigenvalue weighted by Gasteiger charge is 2.11. The first-order valence-electron chi connectivity index (χ1n) is 8.70. The molecule has 0 fully saturated rings. The molecule has 0 unspecified atom stereocenters. The predicted molar refractivity (Wildman–Crippen MR) is 108 cm³/mol. The van der Waals surface area contributed by atoms with E-state index in [2.05, 4.69) is 10.3 Å². The van der Waals surface area contributed by atoms with Crippen LogP contribution in [0, 0.1) is 6.92 Å². The number of anilines is 1. The molecule has 0 saturated heterocycles. The predicted octanol–water partition coefficient (Wildman–Crippen LogP) is 5.46. The van der Waals surface area contributed by atoms with Gasteiger partial charge in [-0.25, -0.2) is 4.98 Å². The van der Waals surface area contributed by atoms with Crippen molar-refractivity contribution in [3.63, 3.8) is 0 Å². The monoisotopic (exact) mass is 354 g/mol. The van der Waals surface area contributed by atoms with Gasteiger partial charge in [0.15, 0.2) is 5.58 Å². The van der Waals surface area contributed by atoms with E-state index in [0.717, 1.165) is 16.7 Å². The lowest BCUT2D eigenvalue weighted by atomic mass is 10.1. The van der Waals surface area contributed by atoms with Crippen LogP contribution in [0.3, 0.4) is 0 Å². The average molecular weight is 354 g/mol. The number of fused-ring (bicyclic) bond motifs is 1. The first kappa shape index (κ1) is 16.8. The molecule has 4 nitrogen and oxygen atoms in total. The third-order valence-corrected chi connectivity index (χ3v) is 4.26. The van der Waals surface area contributed by atoms with Crippen molar-refractivity contribution in [2.75, 3.05) is 5.32 Å². The molecule has 0 aliphatic rings. The number of carbonyl (C=O) groups is 1. The topological polar surface area (TPSA) is 55.1 Å². The minimum absolute atomic E-state index is 0.194. The third-order valence-electron chi connectivity index (χ3n) is 4.26. The highest BCUT2D eigenvalue weighted by Crippen LogP contribution is 2.28. The van der Waals surface area contributed by atoms with Crippen LogP contribution in [0.4, 0.5) is 5.69 Å². The van der Waals surface area contributed by atoms with E-state index in [-0.39, 0.29) is 5.91 Å². The fourth-order valence-corrected chi connectivity index (χ4v) is 2.85. The summed E-state index contributed by atoms with van der Waals surface area (Å²) in [4.78, 5) is 16.7. The number of rotatable bonds is 4. The van der Waals surface area contributed by atoms with Gasteiger partial charge in [-0.05, 0) is 48.4 Å². The summed E-state index contributed by atoms with van der Waals surface area (Å²) in [6.07, 6.45) is 3.29. The Morgan fingerprint density at radius 3 is 2.59 bits per heavy atom. The summed E-state index contributed by atoms with van der Waals surface area (Å²) in [7, 11) is 0. The molecule has 0 spiro atoms. The Labute approximate surface area is 157 Å². The van der Waals surface area contributed by atoms with Gasteiger partial charge in [-0.2, -0.15) is 0 Å². The van der Waals surface area contributed by atoms with E-state index < -0.39 is 0 Å². The number of benzene rings is 3. The Balaban J connectivity index is 1.54. The summed E-state index contributed by atoms with van der Waals surface area (Å²) in [6.45, 7) is 2.02. The molecule has 4 heteroatoms. The second-order valence-electron chi connectivity index (χ2n) is 6.25. The Kier molecular flexibility index (Phi) is 4.54. The Hall–Kier alpha value is -3.66. The molecule has 0 aliphatic heterocycles. The number of hydrogen-bond donors (Lipinski definition) is 1. The SMILES string of the molecule is Cc1ccccc1-c1nc2cc(NC(=O)/C=C\c3ccccc3)ccc2o1. The first-order valence-corrected chi connectivity index (χ1v) is 8.70. The molecular formula is C23H18N2O2. The van der Waals surface area contributed by atoms with Crippen molar-refractivity contribution in [3.8, 4) is 11.5 Å². The fourth-order valence-electron chi connectivity index (χ4n) is 2.85. The maximum atomic E-state index is 12.2. The van der Waals surface area contributed by atoms with E-state index in [1.165, 1.54) is 6.08 Å². The summed E-state index contributed by atoms with van der Waals surface area (Å²) in [5.74, 6) is 0.386. The molecule has 1 heterocycles. The van der Waals surface area contributed by atoms with Crippen LogP contribution in [0.2, 0.25) is 0 Å². The molecule has 1 aromatic heterocycles. The van der Waals surface area contributed by atoms with Crippen LogP contribution in [-0.2, 0) is 4.79 Å². The fraction of sp³-hybridized carbons (Fsp3) is 0.0435. The third kappa shape index (κ3) is 3.80. The highest BCUT2D eigenvalue weighted by atomic mass is 16.3. The number of aryl methyl sites for hydroxylation is 1. The molecule has 4 rings (SSSR count). The molecule has 132 valence electrons. The van der Waals surface area contributed by atoms with E-state index >= 15 is 0 Å². The zero-order chi connectivity index (χ0) is 18.6. The van der Waals surface area contributed by atoms with Gasteiger partial charge < -0.3 is 9.73 Å². The summed E-state index contributed by atoms with van der Waals surface area (Å²) < 4.78 is 5.86. The van der Waals surface area contributed by atoms with Crippen molar-refractivity contribution in [3.05, 3.63) is 90.0 Å². The van der Waals surface area contributed by atoms with Crippen LogP contribution in [0.15, 0.2) is 83.3 Å². The number of amides is 1. The molecule has 3 aromatic carbocycles. The van der Waals surface area contributed by atoms with Crippen molar-refractivity contribution in [1.29, 1.82) is 0 Å². The molecule has 1 amide bonds. The van der Waals surface area contributed by atoms with E-state index in [9.17, 15) is 4.79 Å². The van der Waals surface area contributed by atoms with E-state index in [1.807, 2.05) is 79.7 Å². The van der Waals surface area contributed by atoms with Gasteiger partial charge in [-0.3, -0.25) is 4.79 Å². The number of nitrogens with one attached hydrogen (secondary N) is 1. The molecule has 0 saturated carbocycles. The van der Waals surface area contributed by atoms with E-state index in [4.69, 9.17) is 4.42 Å². The van der Waals surface area contributed by atoms with E-state index in [0.29, 0.717) is 22.7 Å². The number of carbonyl (C=O) groups excluding carboxylic acids is 1. The minimum Gasteiger partial charge on any atom is -0.436 e. The molecule has 0 bridgehead atoms. The van der Waals surface area contributed by atoms with Crippen LogP contribution in [0.1, 0.15) is 11.1 Å². The summed E-state index contributed by atoms with van der Waals surface area (Å²) >= 11 is 0. The minimum atomic E-state index is -0.194. The molecule has 1 N–H and O–H groups in total. The van der Waals surface area contributed by atoms with Gasteiger partial charge in [-0.1, -0.05) is 48.5 Å². The van der Waals surface area contributed by atoms with Crippen molar-refractivity contribution >= 4 is 28.8 Å². The second kappa shape index (κ2) is 7.30. The summed E-state index contributed by atoms with van der Waals surface area (Å²) in [6, 6.07) is 23.1. The van der Waals surface area contributed by atoms with Crippen molar-refractivity contribution < 1.29 is 9.21 Å². The van der Waals surface area contributed by atoms with Gasteiger partial charge in [0.2, 0.25) is 11.8 Å². The van der Waals surface area contributed by atoms with Crippen molar-refractivity contribution in [1.82, 2.24) is 4.98 Å². The molecule has 4 aromatic rings.